The van der Waals surface area contributed by atoms with E-state index < -0.39 is 26.6 Å². The lowest BCUT2D eigenvalue weighted by molar-refractivity contribution is 0.0951. The molecule has 0 spiro atoms. The largest absolute Gasteiger partial charge is 0.507 e. The number of thiazole rings is 1. The smallest absolute Gasteiger partial charge is 0.305 e. The molecule has 24 heavy (non-hydrogen) atoms. The van der Waals surface area contributed by atoms with E-state index >= 15 is 0 Å². The summed E-state index contributed by atoms with van der Waals surface area (Å²) in [6.45, 7) is 1.23. The fourth-order valence-corrected chi connectivity index (χ4v) is 4.23. The maximum Gasteiger partial charge on any atom is 0.305 e. The van der Waals surface area contributed by atoms with Crippen molar-refractivity contribution < 1.29 is 22.7 Å². The molecule has 2 rings (SSSR count). The van der Waals surface area contributed by atoms with Crippen LogP contribution in [0.2, 0.25) is 0 Å². The number of H-pyrrole nitrogens is 1. The lowest BCUT2D eigenvalue weighted by atomic mass is 10.2. The lowest BCUT2D eigenvalue weighted by Crippen LogP contribution is -2.34. The first-order chi connectivity index (χ1) is 11.2. The number of benzene rings is 1. The Kier molecular flexibility index (Phi) is 5.36. The maximum absolute atomic E-state index is 13.1. The normalized spacial score (nSPS) is 11.4. The Labute approximate surface area is 140 Å². The number of aromatic nitrogens is 1. The van der Waals surface area contributed by atoms with Crippen molar-refractivity contribution in [1.29, 1.82) is 0 Å². The van der Waals surface area contributed by atoms with E-state index in [1.807, 2.05) is 0 Å². The quantitative estimate of drug-likeness (QED) is 0.540. The molecule has 1 aromatic heterocycles. The molecule has 1 heterocycles. The van der Waals surface area contributed by atoms with E-state index in [-0.39, 0.29) is 34.3 Å². The van der Waals surface area contributed by atoms with Crippen LogP contribution >= 0.6 is 11.3 Å². The molecule has 0 aliphatic heterocycles. The molecule has 0 bridgehead atoms. The van der Waals surface area contributed by atoms with E-state index in [9.17, 15) is 27.5 Å². The summed E-state index contributed by atoms with van der Waals surface area (Å²) in [5.41, 5.74) is -0.0243. The van der Waals surface area contributed by atoms with Crippen molar-refractivity contribution in [1.82, 2.24) is 15.0 Å². The molecule has 0 saturated heterocycles. The van der Waals surface area contributed by atoms with Crippen LogP contribution in [-0.2, 0) is 10.0 Å². The van der Waals surface area contributed by atoms with Crippen molar-refractivity contribution in [3.63, 3.8) is 0 Å². The van der Waals surface area contributed by atoms with Gasteiger partial charge in [-0.1, -0.05) is 11.3 Å². The first-order valence-corrected chi connectivity index (χ1v) is 8.97. The first-order valence-electron chi connectivity index (χ1n) is 6.67. The zero-order valence-electron chi connectivity index (χ0n) is 12.4. The second-order valence-electron chi connectivity index (χ2n) is 4.74. The highest BCUT2D eigenvalue weighted by molar-refractivity contribution is 7.91. The van der Waals surface area contributed by atoms with Gasteiger partial charge in [0, 0.05) is 18.8 Å². The zero-order chi connectivity index (χ0) is 17.9. The average Bonchev–Trinajstić information content (AvgIpc) is 2.85. The minimum Gasteiger partial charge on any atom is -0.507 e. The molecule has 0 aliphatic carbocycles. The van der Waals surface area contributed by atoms with E-state index in [0.29, 0.717) is 11.3 Å². The highest BCUT2D eigenvalue weighted by atomic mass is 32.2. The zero-order valence-corrected chi connectivity index (χ0v) is 14.1. The van der Waals surface area contributed by atoms with Crippen molar-refractivity contribution in [3.05, 3.63) is 44.9 Å². The molecule has 1 amide bonds. The number of aryl methyl sites for hydroxylation is 1. The third-order valence-electron chi connectivity index (χ3n) is 2.93. The van der Waals surface area contributed by atoms with Gasteiger partial charge in [0.05, 0.1) is 5.56 Å². The Morgan fingerprint density at radius 3 is 2.71 bits per heavy atom. The number of phenols is 1. The molecule has 1 aromatic carbocycles. The molecular weight excluding hydrogens is 361 g/mol. The fourth-order valence-electron chi connectivity index (χ4n) is 1.86. The molecular formula is C13H14FN3O5S2. The minimum absolute atomic E-state index is 0.0909. The summed E-state index contributed by atoms with van der Waals surface area (Å²) in [6, 6.07) is 2.92. The Bertz CT molecular complexity index is 920. The number of hydrogen-bond donors (Lipinski definition) is 4. The molecule has 0 atom stereocenters. The Morgan fingerprint density at radius 1 is 1.38 bits per heavy atom. The van der Waals surface area contributed by atoms with Gasteiger partial charge in [-0.3, -0.25) is 9.59 Å². The highest BCUT2D eigenvalue weighted by Crippen LogP contribution is 2.17. The highest BCUT2D eigenvalue weighted by Gasteiger charge is 2.20. The predicted octanol–water partition coefficient (Wildman–Crippen LogP) is 0.298. The van der Waals surface area contributed by atoms with E-state index in [4.69, 9.17) is 0 Å². The van der Waals surface area contributed by atoms with Crippen molar-refractivity contribution in [2.24, 2.45) is 0 Å². The number of aromatic amines is 1. The van der Waals surface area contributed by atoms with Gasteiger partial charge in [-0.25, -0.2) is 17.5 Å². The average molecular weight is 375 g/mol. The molecule has 2 aromatic rings. The molecule has 0 aliphatic rings. The van der Waals surface area contributed by atoms with Crippen LogP contribution < -0.4 is 14.9 Å². The van der Waals surface area contributed by atoms with Gasteiger partial charge in [0.2, 0.25) is 0 Å². The minimum atomic E-state index is -3.87. The van der Waals surface area contributed by atoms with Gasteiger partial charge in [-0.05, 0) is 25.1 Å². The third-order valence-corrected chi connectivity index (χ3v) is 6.00. The van der Waals surface area contributed by atoms with Crippen LogP contribution in [0, 0.1) is 12.7 Å². The van der Waals surface area contributed by atoms with Crippen LogP contribution in [0.5, 0.6) is 5.75 Å². The van der Waals surface area contributed by atoms with Crippen molar-refractivity contribution in [2.75, 3.05) is 13.1 Å². The van der Waals surface area contributed by atoms with Gasteiger partial charge >= 0.3 is 4.87 Å². The molecule has 0 fully saturated rings. The fraction of sp³-hybridized carbons (Fsp3) is 0.231. The van der Waals surface area contributed by atoms with E-state index in [1.54, 1.807) is 0 Å². The number of carbonyl (C=O) groups excluding carboxylic acids is 1. The Balaban J connectivity index is 1.93. The number of amides is 1. The number of halogens is 1. The molecule has 0 saturated carbocycles. The second kappa shape index (κ2) is 7.11. The predicted molar refractivity (Wildman–Crippen MR) is 85.3 cm³/mol. The summed E-state index contributed by atoms with van der Waals surface area (Å²) >= 11 is 0.562. The number of hydrogen-bond acceptors (Lipinski definition) is 6. The molecule has 11 heteroatoms. The van der Waals surface area contributed by atoms with Crippen molar-refractivity contribution >= 4 is 27.3 Å². The summed E-state index contributed by atoms with van der Waals surface area (Å²) in [5, 5.41) is 11.9. The van der Waals surface area contributed by atoms with Crippen LogP contribution in [-0.4, -0.2) is 37.5 Å². The number of rotatable bonds is 6. The van der Waals surface area contributed by atoms with Crippen LogP contribution in [0.1, 0.15) is 16.1 Å². The van der Waals surface area contributed by atoms with Gasteiger partial charge in [0.25, 0.3) is 15.9 Å². The second-order valence-corrected chi connectivity index (χ2v) is 7.69. The Hall–Kier alpha value is -2.24. The molecule has 0 radical (unpaired) electrons. The standard InChI is InChI=1S/C13H14FN3O5S2/c1-7-12(23-13(20)17-7)24(21,22)16-5-4-15-11(19)9-6-8(14)2-3-10(9)18/h2-3,6,16,18H,4-5H2,1H3,(H,15,19)(H,17,20). The molecule has 130 valence electrons. The number of aromatic hydroxyl groups is 1. The van der Waals surface area contributed by atoms with Gasteiger partial charge in [0.1, 0.15) is 11.6 Å². The SMILES string of the molecule is Cc1[nH]c(=O)sc1S(=O)(=O)NCCNC(=O)c1cc(F)ccc1O. The number of sulfonamides is 1. The molecule has 8 nitrogen and oxygen atoms in total. The monoisotopic (exact) mass is 375 g/mol. The van der Waals surface area contributed by atoms with Crippen LogP contribution in [0.15, 0.2) is 27.2 Å². The van der Waals surface area contributed by atoms with E-state index in [2.05, 4.69) is 15.0 Å². The van der Waals surface area contributed by atoms with Gasteiger partial charge in [-0.15, -0.1) is 0 Å². The molecule has 0 unspecified atom stereocenters. The van der Waals surface area contributed by atoms with Crippen LogP contribution in [0.3, 0.4) is 0 Å². The van der Waals surface area contributed by atoms with E-state index in [0.717, 1.165) is 18.2 Å². The van der Waals surface area contributed by atoms with Crippen LogP contribution in [0.4, 0.5) is 4.39 Å². The summed E-state index contributed by atoms with van der Waals surface area (Å²) in [5.74, 6) is -1.81. The van der Waals surface area contributed by atoms with Crippen molar-refractivity contribution in [2.45, 2.75) is 11.1 Å². The summed E-state index contributed by atoms with van der Waals surface area (Å²) < 4.78 is 39.2. The maximum atomic E-state index is 13.1. The number of carbonyl (C=O) groups is 1. The van der Waals surface area contributed by atoms with Gasteiger partial charge in [0.15, 0.2) is 4.21 Å². The van der Waals surface area contributed by atoms with Gasteiger partial charge in [-0.2, -0.15) is 0 Å². The topological polar surface area (TPSA) is 128 Å². The Morgan fingerprint density at radius 2 is 2.08 bits per heavy atom. The first kappa shape index (κ1) is 18.1. The van der Waals surface area contributed by atoms with Crippen molar-refractivity contribution in [3.8, 4) is 5.75 Å². The number of nitrogens with one attached hydrogen (secondary N) is 3. The third kappa shape index (κ3) is 4.19. The van der Waals surface area contributed by atoms with Crippen LogP contribution in [0.25, 0.3) is 0 Å². The van der Waals surface area contributed by atoms with Gasteiger partial charge < -0.3 is 15.4 Å². The summed E-state index contributed by atoms with van der Waals surface area (Å²) in [6.07, 6.45) is 0. The lowest BCUT2D eigenvalue weighted by Gasteiger charge is -2.08. The molecule has 4 N–H and O–H groups in total. The summed E-state index contributed by atoms with van der Waals surface area (Å²) in [4.78, 5) is 24.8. The van der Waals surface area contributed by atoms with E-state index in [1.165, 1.54) is 6.92 Å². The summed E-state index contributed by atoms with van der Waals surface area (Å²) in [7, 11) is -3.87. The number of phenolic OH excluding ortho intramolecular Hbond substituents is 1.